The number of halogens is 1. The highest BCUT2D eigenvalue weighted by Gasteiger charge is 2.39. The lowest BCUT2D eigenvalue weighted by atomic mass is 10.00. The molecule has 142 valence electrons. The van der Waals surface area contributed by atoms with Gasteiger partial charge in [0.25, 0.3) is 5.91 Å². The first-order valence-corrected chi connectivity index (χ1v) is 10.6. The molecule has 2 aromatic rings. The maximum atomic E-state index is 12.6. The molecule has 2 amide bonds. The Hall–Kier alpha value is -2.38. The first-order chi connectivity index (χ1) is 12.7. The number of nitrogens with one attached hydrogen (secondary N) is 1. The second-order valence-electron chi connectivity index (χ2n) is 6.58. The monoisotopic (exact) mass is 406 g/mol. The van der Waals surface area contributed by atoms with Gasteiger partial charge in [0.05, 0.1) is 17.0 Å². The highest BCUT2D eigenvalue weighted by molar-refractivity contribution is 7.90. The van der Waals surface area contributed by atoms with Crippen LogP contribution >= 0.6 is 11.6 Å². The minimum atomic E-state index is -3.32. The van der Waals surface area contributed by atoms with Gasteiger partial charge in [0.2, 0.25) is 5.91 Å². The SMILES string of the molecule is CN1C(=O)C[C@H](NC(=O)c2ccc(S(C)(=O)=O)cc2)[C@@H]1c1ccc(Cl)cc1. The number of hydrogen-bond acceptors (Lipinski definition) is 4. The molecule has 2 atom stereocenters. The smallest absolute Gasteiger partial charge is 0.251 e. The molecule has 1 N–H and O–H groups in total. The van der Waals surface area contributed by atoms with Crippen molar-refractivity contribution in [3.8, 4) is 0 Å². The zero-order valence-electron chi connectivity index (χ0n) is 14.8. The molecule has 0 aromatic heterocycles. The molecule has 6 nitrogen and oxygen atoms in total. The summed E-state index contributed by atoms with van der Waals surface area (Å²) in [6.45, 7) is 0. The van der Waals surface area contributed by atoms with Crippen LogP contribution in [0.2, 0.25) is 5.02 Å². The van der Waals surface area contributed by atoms with Crippen molar-refractivity contribution in [2.45, 2.75) is 23.4 Å². The maximum absolute atomic E-state index is 12.6. The average molecular weight is 407 g/mol. The van der Waals surface area contributed by atoms with E-state index in [1.807, 2.05) is 12.1 Å². The predicted octanol–water partition coefficient (Wildman–Crippen LogP) is 2.45. The predicted molar refractivity (Wildman–Crippen MR) is 102 cm³/mol. The zero-order valence-corrected chi connectivity index (χ0v) is 16.4. The van der Waals surface area contributed by atoms with Crippen LogP contribution in [0.1, 0.15) is 28.4 Å². The molecule has 0 unspecified atom stereocenters. The highest BCUT2D eigenvalue weighted by atomic mass is 35.5. The second-order valence-corrected chi connectivity index (χ2v) is 9.03. The lowest BCUT2D eigenvalue weighted by Crippen LogP contribution is -2.39. The van der Waals surface area contributed by atoms with Gasteiger partial charge >= 0.3 is 0 Å². The minimum Gasteiger partial charge on any atom is -0.346 e. The van der Waals surface area contributed by atoms with Crippen LogP contribution in [0.25, 0.3) is 0 Å². The molecule has 3 rings (SSSR count). The summed E-state index contributed by atoms with van der Waals surface area (Å²) in [6.07, 6.45) is 1.30. The van der Waals surface area contributed by atoms with Crippen LogP contribution in [0, 0.1) is 0 Å². The number of sulfone groups is 1. The molecule has 1 aliphatic rings. The van der Waals surface area contributed by atoms with Crippen LogP contribution in [0.3, 0.4) is 0 Å². The van der Waals surface area contributed by atoms with E-state index >= 15 is 0 Å². The molecule has 2 aromatic carbocycles. The molecule has 1 fully saturated rings. The van der Waals surface area contributed by atoms with Gasteiger partial charge < -0.3 is 10.2 Å². The number of likely N-dealkylation sites (tertiary alicyclic amines) is 1. The van der Waals surface area contributed by atoms with Gasteiger partial charge in [0.15, 0.2) is 9.84 Å². The lowest BCUT2D eigenvalue weighted by Gasteiger charge is -2.26. The number of benzene rings is 2. The summed E-state index contributed by atoms with van der Waals surface area (Å²) >= 11 is 5.94. The first-order valence-electron chi connectivity index (χ1n) is 8.29. The van der Waals surface area contributed by atoms with Crippen LogP contribution < -0.4 is 5.32 Å². The Kier molecular flexibility index (Phi) is 5.26. The summed E-state index contributed by atoms with van der Waals surface area (Å²) < 4.78 is 23.1. The van der Waals surface area contributed by atoms with Gasteiger partial charge in [-0.15, -0.1) is 0 Å². The van der Waals surface area contributed by atoms with Crippen molar-refractivity contribution < 1.29 is 18.0 Å². The average Bonchev–Trinajstić information content (AvgIpc) is 2.89. The molecule has 0 spiro atoms. The summed E-state index contributed by atoms with van der Waals surface area (Å²) in [5, 5.41) is 3.49. The number of hydrogen-bond donors (Lipinski definition) is 1. The van der Waals surface area contributed by atoms with Crippen LogP contribution in [0.5, 0.6) is 0 Å². The fourth-order valence-electron chi connectivity index (χ4n) is 3.22. The summed E-state index contributed by atoms with van der Waals surface area (Å²) in [7, 11) is -1.62. The van der Waals surface area contributed by atoms with Crippen molar-refractivity contribution in [2.75, 3.05) is 13.3 Å². The van der Waals surface area contributed by atoms with Gasteiger partial charge in [-0.2, -0.15) is 0 Å². The van der Waals surface area contributed by atoms with Crippen LogP contribution in [-0.2, 0) is 14.6 Å². The molecule has 0 saturated carbocycles. The minimum absolute atomic E-state index is 0.0623. The van der Waals surface area contributed by atoms with Crippen molar-refractivity contribution in [1.82, 2.24) is 10.2 Å². The largest absolute Gasteiger partial charge is 0.346 e. The molecule has 0 bridgehead atoms. The van der Waals surface area contributed by atoms with Gasteiger partial charge in [-0.3, -0.25) is 9.59 Å². The Morgan fingerprint density at radius 2 is 1.70 bits per heavy atom. The second kappa shape index (κ2) is 7.32. The number of likely N-dealkylation sites (N-methyl/N-ethyl adjacent to an activating group) is 1. The Labute approximate surface area is 163 Å². The summed E-state index contributed by atoms with van der Waals surface area (Å²) in [6, 6.07) is 12.2. The van der Waals surface area contributed by atoms with E-state index in [1.54, 1.807) is 24.1 Å². The third-order valence-electron chi connectivity index (χ3n) is 4.66. The fourth-order valence-corrected chi connectivity index (χ4v) is 3.98. The van der Waals surface area contributed by atoms with Crippen LogP contribution in [-0.4, -0.2) is 44.5 Å². The molecule has 1 heterocycles. The van der Waals surface area contributed by atoms with Gasteiger partial charge in [-0.1, -0.05) is 23.7 Å². The Bertz CT molecular complexity index is 972. The van der Waals surface area contributed by atoms with Crippen molar-refractivity contribution in [3.63, 3.8) is 0 Å². The fraction of sp³-hybridized carbons (Fsp3) is 0.263. The summed E-state index contributed by atoms with van der Waals surface area (Å²) in [5.74, 6) is -0.421. The molecule has 0 radical (unpaired) electrons. The number of carbonyl (C=O) groups excluding carboxylic acids is 2. The van der Waals surface area contributed by atoms with E-state index in [4.69, 9.17) is 11.6 Å². The standard InChI is InChI=1S/C19H19ClN2O4S/c1-22-17(23)11-16(18(22)12-3-7-14(20)8-4-12)21-19(24)13-5-9-15(10-6-13)27(2,25)26/h3-10,16,18H,11H2,1-2H3,(H,21,24)/t16-,18-/m0/s1. The van der Waals surface area contributed by atoms with E-state index in [0.717, 1.165) is 11.8 Å². The van der Waals surface area contributed by atoms with E-state index in [0.29, 0.717) is 10.6 Å². The van der Waals surface area contributed by atoms with Crippen molar-refractivity contribution in [2.24, 2.45) is 0 Å². The third-order valence-corrected chi connectivity index (χ3v) is 6.04. The number of amides is 2. The summed E-state index contributed by atoms with van der Waals surface area (Å²) in [5.41, 5.74) is 1.21. The number of nitrogens with zero attached hydrogens (tertiary/aromatic N) is 1. The van der Waals surface area contributed by atoms with Gasteiger partial charge in [0, 0.05) is 30.3 Å². The van der Waals surface area contributed by atoms with E-state index in [-0.39, 0.29) is 29.2 Å². The van der Waals surface area contributed by atoms with E-state index in [9.17, 15) is 18.0 Å². The third kappa shape index (κ3) is 4.14. The maximum Gasteiger partial charge on any atom is 0.251 e. The van der Waals surface area contributed by atoms with Gasteiger partial charge in [-0.05, 0) is 42.0 Å². The van der Waals surface area contributed by atoms with Crippen molar-refractivity contribution >= 4 is 33.3 Å². The van der Waals surface area contributed by atoms with Crippen molar-refractivity contribution in [1.29, 1.82) is 0 Å². The molecular weight excluding hydrogens is 388 g/mol. The Balaban J connectivity index is 1.81. The highest BCUT2D eigenvalue weighted by Crippen LogP contribution is 2.32. The van der Waals surface area contributed by atoms with Crippen LogP contribution in [0.4, 0.5) is 0 Å². The number of rotatable bonds is 4. The summed E-state index contributed by atoms with van der Waals surface area (Å²) in [4.78, 5) is 26.5. The quantitative estimate of drug-likeness (QED) is 0.845. The molecule has 1 saturated heterocycles. The zero-order chi connectivity index (χ0) is 19.8. The van der Waals surface area contributed by atoms with Crippen molar-refractivity contribution in [3.05, 3.63) is 64.7 Å². The number of carbonyl (C=O) groups is 2. The molecule has 8 heteroatoms. The molecule has 27 heavy (non-hydrogen) atoms. The van der Waals surface area contributed by atoms with E-state index in [1.165, 1.54) is 24.3 Å². The molecule has 0 aliphatic carbocycles. The molecular formula is C19H19ClN2O4S. The molecule has 1 aliphatic heterocycles. The first kappa shape index (κ1) is 19.4. The Morgan fingerprint density at radius 1 is 1.11 bits per heavy atom. The van der Waals surface area contributed by atoms with Gasteiger partial charge in [0.1, 0.15) is 0 Å². The normalized spacial score (nSPS) is 20.0. The van der Waals surface area contributed by atoms with Gasteiger partial charge in [-0.25, -0.2) is 8.42 Å². The topological polar surface area (TPSA) is 83.6 Å². The Morgan fingerprint density at radius 3 is 2.26 bits per heavy atom. The van der Waals surface area contributed by atoms with E-state index < -0.39 is 15.9 Å². The lowest BCUT2D eigenvalue weighted by molar-refractivity contribution is -0.127. The van der Waals surface area contributed by atoms with Crippen LogP contribution in [0.15, 0.2) is 53.4 Å². The van der Waals surface area contributed by atoms with E-state index in [2.05, 4.69) is 5.32 Å².